The third kappa shape index (κ3) is 5.60. The average molecular weight is 722 g/mol. The summed E-state index contributed by atoms with van der Waals surface area (Å²) in [5.41, 5.74) is 11.9. The molecule has 46 heavy (non-hydrogen) atoms. The maximum atomic E-state index is 13.5. The van der Waals surface area contributed by atoms with E-state index in [1.165, 1.54) is 41.2 Å². The van der Waals surface area contributed by atoms with Gasteiger partial charge in [0.05, 0.1) is 0 Å². The number of H-pyrrole nitrogens is 1. The topological polar surface area (TPSA) is 268 Å². The molecule has 7 N–H and O–H groups in total. The Bertz CT molecular complexity index is 1900. The third-order valence-electron chi connectivity index (χ3n) is 7.79. The Kier molecular flexibility index (Phi) is 8.32. The number of aromatic amines is 1. The average Bonchev–Trinajstić information content (AvgIpc) is 3.77. The summed E-state index contributed by atoms with van der Waals surface area (Å²) in [7, 11) is -2.68. The number of rotatable bonds is 3. The molecule has 250 valence electrons. The van der Waals surface area contributed by atoms with E-state index < -0.39 is 75.2 Å². The van der Waals surface area contributed by atoms with Crippen LogP contribution in [-0.2, 0) is 36.7 Å². The van der Waals surface area contributed by atoms with Crippen molar-refractivity contribution in [3.8, 4) is 0 Å². The van der Waals surface area contributed by atoms with E-state index in [0.29, 0.717) is 0 Å². The number of fused-ring (bicyclic) bond motifs is 5. The first-order valence-corrected chi connectivity index (χ1v) is 19.3. The number of nitrogens with two attached hydrogens (primary N) is 2. The van der Waals surface area contributed by atoms with Gasteiger partial charge >= 0.3 is 269 Å². The number of ether oxygens (including phenoxy) is 2. The van der Waals surface area contributed by atoms with Gasteiger partial charge in [-0.25, -0.2) is 0 Å². The molecule has 4 aromatic heterocycles. The van der Waals surface area contributed by atoms with Gasteiger partial charge in [-0.2, -0.15) is 0 Å². The van der Waals surface area contributed by atoms with E-state index >= 15 is 0 Å². The van der Waals surface area contributed by atoms with E-state index in [2.05, 4.69) is 49.4 Å². The van der Waals surface area contributed by atoms with Crippen molar-refractivity contribution in [2.24, 2.45) is 0 Å². The summed E-state index contributed by atoms with van der Waals surface area (Å²) < 4.78 is 57.7. The maximum absolute atomic E-state index is 13.5. The second-order valence-electron chi connectivity index (χ2n) is 10.6. The third-order valence-corrected chi connectivity index (χ3v) is 12.3. The van der Waals surface area contributed by atoms with Gasteiger partial charge in [-0.15, -0.1) is 0 Å². The number of nitrogens with zero attached hydrogens (tertiary/aromatic N) is 6. The number of aliphatic hydroxyl groups is 2. The Labute approximate surface area is 269 Å². The zero-order valence-electron chi connectivity index (χ0n) is 23.6. The molecule has 0 aliphatic carbocycles. The molecule has 2 bridgehead atoms. The number of nitrogen functional groups attached to an aromatic ring is 2. The number of thiol groups is 2. The Hall–Kier alpha value is -2.43. The van der Waals surface area contributed by atoms with Crippen molar-refractivity contribution in [2.75, 3.05) is 31.8 Å². The molecule has 3 aliphatic heterocycles. The van der Waals surface area contributed by atoms with Crippen molar-refractivity contribution in [3.05, 3.63) is 35.3 Å². The van der Waals surface area contributed by atoms with E-state index in [1.807, 2.05) is 0 Å². The van der Waals surface area contributed by atoms with Crippen LogP contribution in [0.1, 0.15) is 12.5 Å². The van der Waals surface area contributed by atoms with Gasteiger partial charge < -0.3 is 0 Å². The molecule has 9 unspecified atom stereocenters. The molecule has 3 aliphatic rings. The molecule has 0 saturated carbocycles. The summed E-state index contributed by atoms with van der Waals surface area (Å²) in [6, 6.07) is 1.49. The summed E-state index contributed by atoms with van der Waals surface area (Å²) in [6.07, 6.45) is -5.95. The van der Waals surface area contributed by atoms with Crippen molar-refractivity contribution in [1.29, 1.82) is 0 Å². The quantitative estimate of drug-likeness (QED) is 0.109. The first kappa shape index (κ1) is 32.1. The Morgan fingerprint density at radius 3 is 2.65 bits per heavy atom. The summed E-state index contributed by atoms with van der Waals surface area (Å²) in [4.78, 5) is 31.4. The standard InChI is InChI=1S/C22H29N9O11P2S2/c1-36-44(46)38-5-10-14(13(33)20(40-10)31-7-27-11-16(23)25-6-26-18(11)31)41-43(35,45)37-4-9-12(32)15(42-44)21(39-9)30-3-2-8-17(30)28-22(24)29-19(8)34/h2-3,6-7,9-10,12-15,20-21,32-33,44,46H,4-5H2,1H3,(H,35,45)(H2,23,25,26)(H3,24,28,29,34). The second-order valence-corrected chi connectivity index (χ2v) is 17.1. The number of imidazole rings is 1. The fourth-order valence-electron chi connectivity index (χ4n) is 5.59. The minimum absolute atomic E-state index is 0.117. The molecule has 24 heteroatoms. The van der Waals surface area contributed by atoms with E-state index in [-0.39, 0.29) is 40.6 Å². The van der Waals surface area contributed by atoms with Crippen molar-refractivity contribution in [3.63, 3.8) is 0 Å². The van der Waals surface area contributed by atoms with Crippen LogP contribution in [0.15, 0.2) is 29.7 Å². The normalized spacial score (nSPS) is 35.8. The van der Waals surface area contributed by atoms with Gasteiger partial charge in [-0.05, 0) is 0 Å². The molecule has 0 amide bonds. The van der Waals surface area contributed by atoms with Gasteiger partial charge in [0.1, 0.15) is 0 Å². The van der Waals surface area contributed by atoms with Crippen LogP contribution in [0, 0.1) is 0 Å². The van der Waals surface area contributed by atoms with Crippen molar-refractivity contribution >= 4 is 72.4 Å². The van der Waals surface area contributed by atoms with Crippen molar-refractivity contribution in [1.82, 2.24) is 34.1 Å². The van der Waals surface area contributed by atoms with Gasteiger partial charge in [-0.1, -0.05) is 0 Å². The summed E-state index contributed by atoms with van der Waals surface area (Å²) in [6.45, 7) is -5.13. The number of hydrogen-bond acceptors (Lipinski definition) is 18. The van der Waals surface area contributed by atoms with Crippen LogP contribution in [0.5, 0.6) is 0 Å². The number of anilines is 2. The zero-order chi connectivity index (χ0) is 32.5. The molecule has 4 aromatic rings. The molecule has 0 spiro atoms. The van der Waals surface area contributed by atoms with Crippen LogP contribution >= 0.6 is 38.4 Å². The van der Waals surface area contributed by atoms with Crippen LogP contribution in [-0.4, -0.2) is 101 Å². The first-order valence-electron chi connectivity index (χ1n) is 13.6. The SMILES string of the molecule is CO[PH]1(S)OCC2OC(n3cnc4c(N)ncnc43)C(O)C2OP(=O)(S)OCC2OC(n3ccc4c(=O)[nH]c(N)nc43)C(O1)C2O. The van der Waals surface area contributed by atoms with Crippen LogP contribution < -0.4 is 17.0 Å². The molecule has 0 aromatic carbocycles. The number of nitrogens with one attached hydrogen (secondary N) is 1. The van der Waals surface area contributed by atoms with Crippen molar-refractivity contribution in [2.45, 2.75) is 49.1 Å². The Balaban J connectivity index is 1.22. The van der Waals surface area contributed by atoms with Gasteiger partial charge in [-0.3, -0.25) is 0 Å². The molecular weight excluding hydrogens is 692 g/mol. The Morgan fingerprint density at radius 1 is 1.09 bits per heavy atom. The van der Waals surface area contributed by atoms with Gasteiger partial charge in [0.2, 0.25) is 0 Å². The summed E-state index contributed by atoms with van der Waals surface area (Å²) in [5.74, 6) is -0.0287. The van der Waals surface area contributed by atoms with E-state index in [0.717, 1.165) is 0 Å². The number of hydrogen-bond donors (Lipinski definition) is 7. The molecule has 3 fully saturated rings. The predicted octanol–water partition coefficient (Wildman–Crippen LogP) is 0.0867. The molecule has 7 rings (SSSR count). The minimum atomic E-state index is -4.27. The fraction of sp³-hybridized carbons (Fsp3) is 0.500. The molecular formula is C22H29N9O11P2S2. The van der Waals surface area contributed by atoms with E-state index in [9.17, 15) is 19.6 Å². The Morgan fingerprint density at radius 2 is 1.87 bits per heavy atom. The van der Waals surface area contributed by atoms with E-state index in [4.69, 9.17) is 43.6 Å². The molecule has 7 heterocycles. The molecule has 0 radical (unpaired) electrons. The van der Waals surface area contributed by atoms with Gasteiger partial charge in [0, 0.05) is 0 Å². The monoisotopic (exact) mass is 721 g/mol. The fourth-order valence-corrected chi connectivity index (χ4v) is 8.93. The molecule has 9 atom stereocenters. The van der Waals surface area contributed by atoms with Gasteiger partial charge in [0.15, 0.2) is 0 Å². The van der Waals surface area contributed by atoms with Crippen LogP contribution in [0.2, 0.25) is 0 Å². The van der Waals surface area contributed by atoms with Crippen LogP contribution in [0.4, 0.5) is 11.8 Å². The summed E-state index contributed by atoms with van der Waals surface area (Å²) >= 11 is 8.70. The van der Waals surface area contributed by atoms with Crippen molar-refractivity contribution < 1.29 is 46.9 Å². The molecule has 20 nitrogen and oxygen atoms in total. The summed E-state index contributed by atoms with van der Waals surface area (Å²) in [5, 5.41) is 22.9. The predicted molar refractivity (Wildman–Crippen MR) is 167 cm³/mol. The van der Waals surface area contributed by atoms with Crippen LogP contribution in [0.3, 0.4) is 0 Å². The van der Waals surface area contributed by atoms with E-state index in [1.54, 1.807) is 0 Å². The molecule has 3 saturated heterocycles. The van der Waals surface area contributed by atoms with Gasteiger partial charge in [0.25, 0.3) is 0 Å². The van der Waals surface area contributed by atoms with Crippen LogP contribution in [0.25, 0.3) is 22.2 Å². The second kappa shape index (κ2) is 11.9. The zero-order valence-corrected chi connectivity index (χ0v) is 27.3. The first-order chi connectivity index (χ1) is 21.9. The number of aromatic nitrogens is 7. The number of aliphatic hydroxyl groups excluding tert-OH is 2.